The van der Waals surface area contributed by atoms with Gasteiger partial charge < -0.3 is 14.2 Å². The molecule has 8 saturated carbocycles. The van der Waals surface area contributed by atoms with Gasteiger partial charge in [0.25, 0.3) is 0 Å². The highest BCUT2D eigenvalue weighted by atomic mass is 16.7. The molecule has 8 unspecified atom stereocenters. The summed E-state index contributed by atoms with van der Waals surface area (Å²) in [6, 6.07) is 0. The van der Waals surface area contributed by atoms with Gasteiger partial charge >= 0.3 is 11.9 Å². The number of fused-ring (bicyclic) bond motifs is 9. The summed E-state index contributed by atoms with van der Waals surface area (Å²) in [6.45, 7) is 6.17. The SMILES string of the molecule is CCC(C)(C)C(=O)OC1CC2CC1C1C3CC(CC3C(=O)OCOC3C4CC5CC(C4)CC3C5)C21. The molecule has 0 amide bonds. The predicted molar refractivity (Wildman–Crippen MR) is 130 cm³/mol. The van der Waals surface area contributed by atoms with E-state index in [2.05, 4.69) is 6.92 Å². The lowest BCUT2D eigenvalue weighted by Crippen LogP contribution is -2.49. The highest BCUT2D eigenvalue weighted by molar-refractivity contribution is 5.76. The molecule has 8 atom stereocenters. The molecule has 5 nitrogen and oxygen atoms in total. The third-order valence-electron chi connectivity index (χ3n) is 12.4. The van der Waals surface area contributed by atoms with Gasteiger partial charge in [0.2, 0.25) is 0 Å². The Kier molecular flexibility index (Phi) is 5.40. The molecule has 8 rings (SSSR count). The first-order valence-corrected chi connectivity index (χ1v) is 14.8. The van der Waals surface area contributed by atoms with E-state index in [1.165, 1.54) is 44.9 Å². The van der Waals surface area contributed by atoms with Gasteiger partial charge in [-0.3, -0.25) is 9.59 Å². The normalized spacial score (nSPS) is 50.5. The molecule has 0 radical (unpaired) electrons. The van der Waals surface area contributed by atoms with Crippen molar-refractivity contribution < 1.29 is 23.8 Å². The van der Waals surface area contributed by atoms with Crippen LogP contribution in [0.4, 0.5) is 0 Å². The van der Waals surface area contributed by atoms with Crippen LogP contribution in [0.2, 0.25) is 0 Å². The Morgan fingerprint density at radius 1 is 0.771 bits per heavy atom. The van der Waals surface area contributed by atoms with E-state index >= 15 is 0 Å². The van der Waals surface area contributed by atoms with Gasteiger partial charge in [-0.25, -0.2) is 0 Å². The first-order chi connectivity index (χ1) is 16.8. The number of carbonyl (C=O) groups is 2. The van der Waals surface area contributed by atoms with Gasteiger partial charge in [0.1, 0.15) is 6.10 Å². The Hall–Kier alpha value is -1.10. The highest BCUT2D eigenvalue weighted by Gasteiger charge is 2.66. The van der Waals surface area contributed by atoms with E-state index in [0.29, 0.717) is 47.5 Å². The molecule has 5 heteroatoms. The maximum atomic E-state index is 13.2. The molecule has 0 aromatic carbocycles. The average molecular weight is 485 g/mol. The minimum absolute atomic E-state index is 0.0196. The molecule has 8 aliphatic carbocycles. The van der Waals surface area contributed by atoms with Crippen molar-refractivity contribution in [2.24, 2.45) is 70.5 Å². The van der Waals surface area contributed by atoms with Crippen molar-refractivity contribution >= 4 is 11.9 Å². The summed E-state index contributed by atoms with van der Waals surface area (Å²) < 4.78 is 18.2. The predicted octanol–water partition coefficient (Wildman–Crippen LogP) is 5.60. The molecular formula is C30H44O5. The number of hydrogen-bond acceptors (Lipinski definition) is 5. The van der Waals surface area contributed by atoms with E-state index in [1.807, 2.05) is 13.8 Å². The van der Waals surface area contributed by atoms with Crippen LogP contribution < -0.4 is 0 Å². The van der Waals surface area contributed by atoms with Gasteiger partial charge in [-0.05, 0) is 137 Å². The topological polar surface area (TPSA) is 61.8 Å². The van der Waals surface area contributed by atoms with Gasteiger partial charge in [-0.2, -0.15) is 0 Å². The number of esters is 2. The lowest BCUT2D eigenvalue weighted by molar-refractivity contribution is -0.192. The van der Waals surface area contributed by atoms with E-state index in [0.717, 1.165) is 37.0 Å². The number of ether oxygens (including phenoxy) is 3. The van der Waals surface area contributed by atoms with Crippen LogP contribution in [-0.4, -0.2) is 30.9 Å². The average Bonchev–Trinajstić information content (AvgIpc) is 3.59. The van der Waals surface area contributed by atoms with E-state index in [4.69, 9.17) is 14.2 Å². The van der Waals surface area contributed by atoms with Gasteiger partial charge in [-0.15, -0.1) is 0 Å². The molecule has 0 heterocycles. The minimum atomic E-state index is -0.417. The monoisotopic (exact) mass is 484 g/mol. The Morgan fingerprint density at radius 2 is 1.43 bits per heavy atom. The third-order valence-corrected chi connectivity index (χ3v) is 12.4. The molecule has 8 bridgehead atoms. The zero-order valence-electron chi connectivity index (χ0n) is 21.8. The molecular weight excluding hydrogens is 440 g/mol. The summed E-state index contributed by atoms with van der Waals surface area (Å²) >= 11 is 0. The highest BCUT2D eigenvalue weighted by Crippen LogP contribution is 2.69. The minimum Gasteiger partial charge on any atom is -0.462 e. The molecule has 0 spiro atoms. The van der Waals surface area contributed by atoms with Crippen LogP contribution in [0.1, 0.15) is 85.0 Å². The first-order valence-electron chi connectivity index (χ1n) is 14.8. The maximum Gasteiger partial charge on any atom is 0.311 e. The summed E-state index contributed by atoms with van der Waals surface area (Å²) in [5.74, 6) is 6.67. The van der Waals surface area contributed by atoms with Crippen LogP contribution >= 0.6 is 0 Å². The largest absolute Gasteiger partial charge is 0.462 e. The van der Waals surface area contributed by atoms with Gasteiger partial charge in [0, 0.05) is 0 Å². The van der Waals surface area contributed by atoms with Crippen molar-refractivity contribution in [2.45, 2.75) is 97.2 Å². The van der Waals surface area contributed by atoms with Crippen LogP contribution in [0.15, 0.2) is 0 Å². The van der Waals surface area contributed by atoms with Crippen LogP contribution in [-0.2, 0) is 23.8 Å². The number of carbonyl (C=O) groups excluding carboxylic acids is 2. The van der Waals surface area contributed by atoms with Crippen molar-refractivity contribution in [1.29, 1.82) is 0 Å². The van der Waals surface area contributed by atoms with E-state index in [9.17, 15) is 9.59 Å². The fourth-order valence-electron chi connectivity index (χ4n) is 10.8. The summed E-state index contributed by atoms with van der Waals surface area (Å²) in [5.41, 5.74) is -0.417. The molecule has 0 aromatic rings. The molecule has 0 saturated heterocycles. The second-order valence-electron chi connectivity index (χ2n) is 14.4. The number of rotatable bonds is 7. The number of hydrogen-bond donors (Lipinski definition) is 0. The molecule has 8 fully saturated rings. The smallest absolute Gasteiger partial charge is 0.311 e. The Balaban J connectivity index is 0.954. The summed E-state index contributed by atoms with van der Waals surface area (Å²) in [6.07, 6.45) is 12.3. The van der Waals surface area contributed by atoms with Gasteiger partial charge in [-0.1, -0.05) is 6.92 Å². The molecule has 0 aromatic heterocycles. The van der Waals surface area contributed by atoms with Crippen LogP contribution in [0, 0.1) is 70.5 Å². The second kappa shape index (κ2) is 8.20. The third kappa shape index (κ3) is 3.56. The lowest BCUT2D eigenvalue weighted by atomic mass is 9.55. The van der Waals surface area contributed by atoms with Crippen LogP contribution in [0.3, 0.4) is 0 Å². The molecule has 0 N–H and O–H groups in total. The summed E-state index contributed by atoms with van der Waals surface area (Å²) in [4.78, 5) is 26.0. The van der Waals surface area contributed by atoms with Crippen molar-refractivity contribution in [3.63, 3.8) is 0 Å². The van der Waals surface area contributed by atoms with E-state index in [1.54, 1.807) is 0 Å². The zero-order valence-corrected chi connectivity index (χ0v) is 21.8. The second-order valence-corrected chi connectivity index (χ2v) is 14.4. The molecule has 35 heavy (non-hydrogen) atoms. The van der Waals surface area contributed by atoms with Gasteiger partial charge in [0.15, 0.2) is 6.79 Å². The lowest BCUT2D eigenvalue weighted by Gasteiger charge is -2.53. The van der Waals surface area contributed by atoms with Crippen molar-refractivity contribution in [3.05, 3.63) is 0 Å². The van der Waals surface area contributed by atoms with Crippen LogP contribution in [0.5, 0.6) is 0 Å². The fourth-order valence-corrected chi connectivity index (χ4v) is 10.8. The van der Waals surface area contributed by atoms with E-state index < -0.39 is 5.41 Å². The van der Waals surface area contributed by atoms with Crippen molar-refractivity contribution in [2.75, 3.05) is 6.79 Å². The van der Waals surface area contributed by atoms with Gasteiger partial charge in [0.05, 0.1) is 17.4 Å². The summed E-state index contributed by atoms with van der Waals surface area (Å²) in [7, 11) is 0. The van der Waals surface area contributed by atoms with E-state index in [-0.39, 0.29) is 30.8 Å². The molecule has 8 aliphatic rings. The first kappa shape index (κ1) is 23.0. The standard InChI is InChI=1S/C30H44O5/c1-4-30(2,3)29(32)35-24-13-18-12-23(24)26-21-10-17(25(18)26)11-22(21)28(31)34-14-33-27-19-6-15-5-16(8-19)9-20(27)7-15/h15-27H,4-14H2,1-3H3. The molecule has 0 aliphatic heterocycles. The quantitative estimate of drug-likeness (QED) is 0.267. The summed E-state index contributed by atoms with van der Waals surface area (Å²) in [5, 5.41) is 0. The Labute approximate surface area is 210 Å². The van der Waals surface area contributed by atoms with Crippen molar-refractivity contribution in [3.8, 4) is 0 Å². The van der Waals surface area contributed by atoms with Crippen molar-refractivity contribution in [1.82, 2.24) is 0 Å². The fraction of sp³-hybridized carbons (Fsp3) is 0.933. The molecule has 194 valence electrons. The Bertz CT molecular complexity index is 852. The maximum absolute atomic E-state index is 13.2. The Morgan fingerprint density at radius 3 is 2.11 bits per heavy atom. The zero-order chi connectivity index (χ0) is 24.1. The van der Waals surface area contributed by atoms with Crippen LogP contribution in [0.25, 0.3) is 0 Å².